The van der Waals surface area contributed by atoms with Gasteiger partial charge in [-0.3, -0.25) is 0 Å². The van der Waals surface area contributed by atoms with Crippen molar-refractivity contribution < 1.29 is 0 Å². The molecule has 0 fully saturated rings. The number of rotatable bonds is 1. The van der Waals surface area contributed by atoms with Crippen molar-refractivity contribution in [1.29, 1.82) is 15.8 Å². The summed E-state index contributed by atoms with van der Waals surface area (Å²) in [7, 11) is 0. The summed E-state index contributed by atoms with van der Waals surface area (Å²) in [6.07, 6.45) is 3.85. The van der Waals surface area contributed by atoms with Crippen LogP contribution in [0.25, 0.3) is 0 Å². The predicted molar refractivity (Wildman–Crippen MR) is 101 cm³/mol. The molecule has 132 valence electrons. The van der Waals surface area contributed by atoms with Gasteiger partial charge in [-0.2, -0.15) is 15.8 Å². The zero-order valence-electron chi connectivity index (χ0n) is 15.3. The maximum absolute atomic E-state index is 10.00. The van der Waals surface area contributed by atoms with Crippen molar-refractivity contribution in [2.45, 2.75) is 39.5 Å². The lowest BCUT2D eigenvalue weighted by Crippen LogP contribution is -2.44. The molecule has 2 aliphatic carbocycles. The summed E-state index contributed by atoms with van der Waals surface area (Å²) >= 11 is 1.55. The SMILES string of the molecule is CC(C)(C)[C@H]1CC=C2C(C#N)=C(N)C(C#N)(C#N)[C@H](c3cccs3)[C@@H]2C1. The first-order chi connectivity index (χ1) is 12.3. The van der Waals surface area contributed by atoms with E-state index in [9.17, 15) is 15.8 Å². The molecular weight excluding hydrogens is 340 g/mol. The molecule has 0 bridgehead atoms. The lowest BCUT2D eigenvalue weighted by Gasteiger charge is -2.46. The molecule has 1 aromatic rings. The largest absolute Gasteiger partial charge is 0.399 e. The summed E-state index contributed by atoms with van der Waals surface area (Å²) in [5.41, 5.74) is 6.27. The average molecular weight is 363 g/mol. The van der Waals surface area contributed by atoms with Gasteiger partial charge in [-0.15, -0.1) is 11.3 Å². The third-order valence-electron chi connectivity index (χ3n) is 5.95. The van der Waals surface area contributed by atoms with Crippen molar-refractivity contribution in [3.63, 3.8) is 0 Å². The van der Waals surface area contributed by atoms with Crippen LogP contribution < -0.4 is 5.73 Å². The van der Waals surface area contributed by atoms with Crippen LogP contribution in [0.1, 0.15) is 44.4 Å². The second-order valence-electron chi connectivity index (χ2n) is 8.23. The van der Waals surface area contributed by atoms with Gasteiger partial charge in [-0.1, -0.05) is 32.9 Å². The van der Waals surface area contributed by atoms with Gasteiger partial charge in [-0.05, 0) is 47.1 Å². The predicted octanol–water partition coefficient (Wildman–Crippen LogP) is 4.61. The fourth-order valence-electron chi connectivity index (χ4n) is 4.37. The van der Waals surface area contributed by atoms with Crippen molar-refractivity contribution in [3.8, 4) is 18.2 Å². The highest BCUT2D eigenvalue weighted by atomic mass is 32.1. The second kappa shape index (κ2) is 6.31. The Balaban J connectivity index is 2.27. The van der Waals surface area contributed by atoms with E-state index < -0.39 is 5.41 Å². The summed E-state index contributed by atoms with van der Waals surface area (Å²) in [5, 5.41) is 31.7. The van der Waals surface area contributed by atoms with Crippen LogP contribution in [0.2, 0.25) is 0 Å². The van der Waals surface area contributed by atoms with Gasteiger partial charge in [0.25, 0.3) is 0 Å². The van der Waals surface area contributed by atoms with Crippen LogP contribution >= 0.6 is 11.3 Å². The average Bonchev–Trinajstić information content (AvgIpc) is 3.13. The first-order valence-electron chi connectivity index (χ1n) is 8.76. The minimum atomic E-state index is -1.50. The molecule has 0 spiro atoms. The Morgan fingerprint density at radius 3 is 2.42 bits per heavy atom. The number of thiophene rings is 1. The molecule has 2 aliphatic rings. The van der Waals surface area contributed by atoms with Gasteiger partial charge in [0.15, 0.2) is 5.41 Å². The van der Waals surface area contributed by atoms with Gasteiger partial charge in [-0.25, -0.2) is 0 Å². The molecule has 0 amide bonds. The van der Waals surface area contributed by atoms with E-state index in [-0.39, 0.29) is 22.9 Å². The van der Waals surface area contributed by atoms with Gasteiger partial charge in [0, 0.05) is 10.8 Å². The smallest absolute Gasteiger partial charge is 0.192 e. The van der Waals surface area contributed by atoms with Crippen LogP contribution in [0.3, 0.4) is 0 Å². The van der Waals surface area contributed by atoms with E-state index in [4.69, 9.17) is 5.73 Å². The molecule has 3 rings (SSSR count). The van der Waals surface area contributed by atoms with Crippen LogP contribution in [-0.2, 0) is 0 Å². The minimum absolute atomic E-state index is 0.0483. The van der Waals surface area contributed by atoms with E-state index in [1.165, 1.54) is 0 Å². The Bertz CT molecular complexity index is 880. The summed E-state index contributed by atoms with van der Waals surface area (Å²) in [6, 6.07) is 10.5. The number of hydrogen-bond acceptors (Lipinski definition) is 5. The number of hydrogen-bond donors (Lipinski definition) is 1. The van der Waals surface area contributed by atoms with Crippen molar-refractivity contribution in [3.05, 3.63) is 45.3 Å². The highest BCUT2D eigenvalue weighted by Crippen LogP contribution is 2.58. The fraction of sp³-hybridized carbons (Fsp3) is 0.476. The monoisotopic (exact) mass is 362 g/mol. The highest BCUT2D eigenvalue weighted by molar-refractivity contribution is 7.10. The topological polar surface area (TPSA) is 97.4 Å². The van der Waals surface area contributed by atoms with Crippen LogP contribution in [0, 0.1) is 56.7 Å². The van der Waals surface area contributed by atoms with E-state index in [0.717, 1.165) is 23.3 Å². The lowest BCUT2D eigenvalue weighted by atomic mass is 9.55. The molecule has 0 aromatic carbocycles. The summed E-state index contributed by atoms with van der Waals surface area (Å²) in [6.45, 7) is 6.66. The summed E-state index contributed by atoms with van der Waals surface area (Å²) < 4.78 is 0. The Hall–Kier alpha value is -2.55. The van der Waals surface area contributed by atoms with Crippen molar-refractivity contribution in [1.82, 2.24) is 0 Å². The number of fused-ring (bicyclic) bond motifs is 1. The number of nitriles is 3. The van der Waals surface area contributed by atoms with E-state index >= 15 is 0 Å². The molecule has 1 heterocycles. The normalized spacial score (nSPS) is 27.5. The van der Waals surface area contributed by atoms with Crippen molar-refractivity contribution >= 4 is 11.3 Å². The van der Waals surface area contributed by atoms with Crippen LogP contribution in [0.4, 0.5) is 0 Å². The second-order valence-corrected chi connectivity index (χ2v) is 9.20. The molecule has 0 radical (unpaired) electrons. The first kappa shape index (κ1) is 18.2. The Kier molecular flexibility index (Phi) is 4.43. The quantitative estimate of drug-likeness (QED) is 0.788. The highest BCUT2D eigenvalue weighted by Gasteiger charge is 2.55. The van der Waals surface area contributed by atoms with Crippen molar-refractivity contribution in [2.24, 2.45) is 28.4 Å². The molecular formula is C21H22N4S. The molecule has 4 nitrogen and oxygen atoms in total. The Morgan fingerprint density at radius 2 is 1.92 bits per heavy atom. The maximum atomic E-state index is 10.00. The molecule has 2 N–H and O–H groups in total. The zero-order chi connectivity index (χ0) is 19.1. The van der Waals surface area contributed by atoms with Crippen LogP contribution in [-0.4, -0.2) is 0 Å². The zero-order valence-corrected chi connectivity index (χ0v) is 16.1. The van der Waals surface area contributed by atoms with Crippen molar-refractivity contribution in [2.75, 3.05) is 0 Å². The van der Waals surface area contributed by atoms with E-state index in [0.29, 0.717) is 11.5 Å². The third kappa shape index (κ3) is 2.54. The molecule has 0 unspecified atom stereocenters. The van der Waals surface area contributed by atoms with E-state index in [1.54, 1.807) is 11.3 Å². The fourth-order valence-corrected chi connectivity index (χ4v) is 5.33. The minimum Gasteiger partial charge on any atom is -0.399 e. The van der Waals surface area contributed by atoms with Crippen LogP contribution in [0.15, 0.2) is 40.4 Å². The van der Waals surface area contributed by atoms with Crippen LogP contribution in [0.5, 0.6) is 0 Å². The maximum Gasteiger partial charge on any atom is 0.192 e. The van der Waals surface area contributed by atoms with Gasteiger partial charge in [0.05, 0.1) is 23.4 Å². The summed E-state index contributed by atoms with van der Waals surface area (Å²) in [5.74, 6) is 0.0342. The van der Waals surface area contributed by atoms with Gasteiger partial charge in [0.2, 0.25) is 0 Å². The summed E-state index contributed by atoms with van der Waals surface area (Å²) in [4.78, 5) is 0.985. The molecule has 0 saturated heterocycles. The van der Waals surface area contributed by atoms with Gasteiger partial charge < -0.3 is 5.73 Å². The standard InChI is InChI=1S/C21H22N4S/c1-20(2,3)13-6-7-14-15(9-13)18(17-5-4-8-26-17)21(11-23,12-24)19(25)16(14)10-22/h4-5,7-8,13,15,18H,6,9,25H2,1-3H3/t13-,15+,18-/m0/s1. The van der Waals surface area contributed by atoms with E-state index in [2.05, 4.69) is 45.1 Å². The molecule has 0 saturated carbocycles. The number of allylic oxidation sites excluding steroid dienone is 4. The van der Waals surface area contributed by atoms with E-state index in [1.807, 2.05) is 17.5 Å². The lowest BCUT2D eigenvalue weighted by molar-refractivity contribution is 0.171. The van der Waals surface area contributed by atoms with Gasteiger partial charge in [0.1, 0.15) is 6.07 Å². The molecule has 1 aromatic heterocycles. The van der Waals surface area contributed by atoms with Gasteiger partial charge >= 0.3 is 0 Å². The molecule has 26 heavy (non-hydrogen) atoms. The Labute approximate surface area is 158 Å². The Morgan fingerprint density at radius 1 is 1.23 bits per heavy atom. The first-order valence-corrected chi connectivity index (χ1v) is 9.64. The number of nitrogens with zero attached hydrogens (tertiary/aromatic N) is 3. The number of nitrogens with two attached hydrogens (primary N) is 1. The molecule has 5 heteroatoms. The molecule has 3 atom stereocenters. The third-order valence-corrected chi connectivity index (χ3v) is 6.91. The molecule has 0 aliphatic heterocycles.